The smallest absolute Gasteiger partial charge is 0.355 e. The molecule has 3 aromatic rings. The Balaban J connectivity index is 1.51. The number of hydrogen-bond donors (Lipinski definition) is 1. The molecule has 0 saturated carbocycles. The van der Waals surface area contributed by atoms with Gasteiger partial charge in [-0.25, -0.2) is 9.78 Å². The first-order valence-electron chi connectivity index (χ1n) is 11.2. The lowest BCUT2D eigenvalue weighted by atomic mass is 9.83. The fraction of sp³-hybridized carbons (Fsp3) is 0.333. The molecule has 11 nitrogen and oxygen atoms in total. The minimum absolute atomic E-state index is 0.0759. The number of nitro benzene ring substituents is 1. The maximum atomic E-state index is 13.3. The van der Waals surface area contributed by atoms with E-state index in [1.54, 1.807) is 17.7 Å². The van der Waals surface area contributed by atoms with Crippen LogP contribution in [0.4, 0.5) is 5.69 Å². The van der Waals surface area contributed by atoms with E-state index in [0.717, 1.165) is 10.6 Å². The summed E-state index contributed by atoms with van der Waals surface area (Å²) in [5.74, 6) is -1.85. The predicted octanol–water partition coefficient (Wildman–Crippen LogP) is 2.88. The number of esters is 1. The van der Waals surface area contributed by atoms with Gasteiger partial charge in [-0.05, 0) is 38.0 Å². The lowest BCUT2D eigenvalue weighted by Crippen LogP contribution is -2.61. The molecule has 0 radical (unpaired) electrons. The van der Waals surface area contributed by atoms with Crippen LogP contribution in [-0.2, 0) is 20.9 Å². The summed E-state index contributed by atoms with van der Waals surface area (Å²) < 4.78 is 7.31. The van der Waals surface area contributed by atoms with Gasteiger partial charge in [0.05, 0.1) is 27.9 Å². The van der Waals surface area contributed by atoms with Gasteiger partial charge in [-0.2, -0.15) is 0 Å². The molecule has 2 aromatic heterocycles. The van der Waals surface area contributed by atoms with E-state index in [1.165, 1.54) is 47.4 Å². The summed E-state index contributed by atoms with van der Waals surface area (Å²) in [6.45, 7) is 4.70. The molecule has 4 heterocycles. The number of non-ortho nitro benzene ring substituents is 1. The van der Waals surface area contributed by atoms with Crippen molar-refractivity contribution in [2.24, 2.45) is 5.92 Å². The highest BCUT2D eigenvalue weighted by atomic mass is 32.1. The Morgan fingerprint density at radius 3 is 2.64 bits per heavy atom. The number of Topliss-reactive ketones (excluding diaryl/α,β-unsaturated/α-hetero) is 1. The first kappa shape index (κ1) is 23.8. The van der Waals surface area contributed by atoms with Crippen molar-refractivity contribution >= 4 is 45.1 Å². The first-order valence-corrected chi connectivity index (χ1v) is 12.0. The van der Waals surface area contributed by atoms with Crippen molar-refractivity contribution in [3.63, 3.8) is 0 Å². The van der Waals surface area contributed by atoms with Crippen LogP contribution in [-0.4, -0.2) is 54.1 Å². The summed E-state index contributed by atoms with van der Waals surface area (Å²) in [5.41, 5.74) is 2.32. The maximum Gasteiger partial charge on any atom is 0.355 e. The quantitative estimate of drug-likeness (QED) is 0.168. The number of carbonyl (C=O) groups excluding carboxylic acids is 3. The SMILES string of the molecule is CC(=O)c1ncn2c(C)c(C3=C(C(=O)OCc4ccc([N+](=O)[O-])cc4)N4C(=O)[C@H]([C@@H](C)O)[C@H]4C3)sc12. The number of rotatable bonds is 7. The molecular weight excluding hydrogens is 488 g/mol. The summed E-state index contributed by atoms with van der Waals surface area (Å²) in [6.07, 6.45) is 1.04. The molecule has 0 unspecified atom stereocenters. The normalized spacial score (nSPS) is 19.9. The Bertz CT molecular complexity index is 1470. The molecule has 12 heteroatoms. The molecule has 1 saturated heterocycles. The molecule has 0 spiro atoms. The number of aromatic nitrogens is 2. The molecule has 2 aliphatic rings. The van der Waals surface area contributed by atoms with E-state index in [4.69, 9.17) is 4.74 Å². The molecule has 5 rings (SSSR count). The van der Waals surface area contributed by atoms with Crippen molar-refractivity contribution in [3.05, 3.63) is 68.2 Å². The Kier molecular flexibility index (Phi) is 5.72. The average Bonchev–Trinajstić information content (AvgIpc) is 3.48. The average molecular weight is 511 g/mol. The van der Waals surface area contributed by atoms with Crippen LogP contribution < -0.4 is 0 Å². The van der Waals surface area contributed by atoms with Crippen molar-refractivity contribution in [3.8, 4) is 0 Å². The van der Waals surface area contributed by atoms with Crippen LogP contribution in [0, 0.1) is 23.0 Å². The Morgan fingerprint density at radius 2 is 2.03 bits per heavy atom. The van der Waals surface area contributed by atoms with E-state index in [-0.39, 0.29) is 35.7 Å². The van der Waals surface area contributed by atoms with Crippen LogP contribution in [0.3, 0.4) is 0 Å². The van der Waals surface area contributed by atoms with Gasteiger partial charge in [0.1, 0.15) is 29.2 Å². The molecule has 0 aliphatic carbocycles. The highest BCUT2D eigenvalue weighted by Gasteiger charge is 2.57. The topological polar surface area (TPSA) is 144 Å². The van der Waals surface area contributed by atoms with Crippen molar-refractivity contribution in [2.75, 3.05) is 0 Å². The third-order valence-electron chi connectivity index (χ3n) is 6.66. The first-order chi connectivity index (χ1) is 17.1. The summed E-state index contributed by atoms with van der Waals surface area (Å²) in [4.78, 5) is 55.6. The number of fused-ring (bicyclic) bond motifs is 2. The Labute approximate surface area is 208 Å². The number of nitro groups is 1. The standard InChI is InChI=1S/C24H22N4O7S/c1-11-21(36-23-19(13(3)30)25-10-26(11)23)16-8-17-18(12(2)29)22(31)27(17)20(16)24(32)35-9-14-4-6-15(7-5-14)28(33)34/h4-7,10,12,17-18,29H,8-9H2,1-3H3/t12-,17-,18-/m1/s1. The molecule has 1 amide bonds. The van der Waals surface area contributed by atoms with Gasteiger partial charge in [0.15, 0.2) is 5.78 Å². The minimum atomic E-state index is -0.871. The third-order valence-corrected chi connectivity index (χ3v) is 7.99. The molecule has 3 atom stereocenters. The maximum absolute atomic E-state index is 13.3. The van der Waals surface area contributed by atoms with Gasteiger partial charge in [-0.15, -0.1) is 11.3 Å². The van der Waals surface area contributed by atoms with Gasteiger partial charge < -0.3 is 14.7 Å². The highest BCUT2D eigenvalue weighted by Crippen LogP contribution is 2.49. The molecule has 1 aromatic carbocycles. The number of β-lactam (4-membered cyclic amide) rings is 1. The molecule has 1 fully saturated rings. The van der Waals surface area contributed by atoms with Crippen LogP contribution in [0.1, 0.15) is 46.9 Å². The van der Waals surface area contributed by atoms with E-state index in [9.17, 15) is 29.6 Å². The predicted molar refractivity (Wildman–Crippen MR) is 128 cm³/mol. The van der Waals surface area contributed by atoms with E-state index >= 15 is 0 Å². The fourth-order valence-corrected chi connectivity index (χ4v) is 6.19. The van der Waals surface area contributed by atoms with Crippen LogP contribution in [0.2, 0.25) is 0 Å². The second-order valence-corrected chi connectivity index (χ2v) is 9.91. The lowest BCUT2D eigenvalue weighted by molar-refractivity contribution is -0.384. The zero-order chi connectivity index (χ0) is 25.9. The number of imidazole rings is 1. The summed E-state index contributed by atoms with van der Waals surface area (Å²) in [6, 6.07) is 5.27. The Hall–Kier alpha value is -3.90. The number of nitrogens with zero attached hydrogens (tertiary/aromatic N) is 4. The molecule has 36 heavy (non-hydrogen) atoms. The zero-order valence-corrected chi connectivity index (χ0v) is 20.4. The molecule has 186 valence electrons. The van der Waals surface area contributed by atoms with Crippen LogP contribution in [0.25, 0.3) is 10.4 Å². The van der Waals surface area contributed by atoms with Gasteiger partial charge >= 0.3 is 5.97 Å². The van der Waals surface area contributed by atoms with E-state index in [1.807, 2.05) is 6.92 Å². The zero-order valence-electron chi connectivity index (χ0n) is 19.6. The number of benzene rings is 1. The van der Waals surface area contributed by atoms with Crippen LogP contribution in [0.5, 0.6) is 0 Å². The van der Waals surface area contributed by atoms with Gasteiger partial charge in [0.25, 0.3) is 5.69 Å². The van der Waals surface area contributed by atoms with Gasteiger partial charge in [-0.1, -0.05) is 0 Å². The monoisotopic (exact) mass is 510 g/mol. The van der Waals surface area contributed by atoms with Crippen molar-refractivity contribution < 1.29 is 29.2 Å². The van der Waals surface area contributed by atoms with E-state index < -0.39 is 22.9 Å². The van der Waals surface area contributed by atoms with Gasteiger partial charge in [-0.3, -0.25) is 24.1 Å². The second-order valence-electron chi connectivity index (χ2n) is 8.91. The number of carbonyl (C=O) groups is 3. The number of amides is 1. The number of ether oxygens (including phenoxy) is 1. The third kappa shape index (κ3) is 3.60. The van der Waals surface area contributed by atoms with Crippen molar-refractivity contribution in [1.29, 1.82) is 0 Å². The van der Waals surface area contributed by atoms with E-state index in [0.29, 0.717) is 28.1 Å². The van der Waals surface area contributed by atoms with Crippen LogP contribution >= 0.6 is 11.3 Å². The summed E-state index contributed by atoms with van der Waals surface area (Å²) in [5, 5.41) is 21.0. The number of aliphatic hydroxyl groups is 1. The van der Waals surface area contributed by atoms with Gasteiger partial charge in [0.2, 0.25) is 5.91 Å². The van der Waals surface area contributed by atoms with Gasteiger partial charge in [0, 0.05) is 30.3 Å². The van der Waals surface area contributed by atoms with Crippen LogP contribution in [0.15, 0.2) is 36.3 Å². The number of thiazole rings is 1. The Morgan fingerprint density at radius 1 is 1.33 bits per heavy atom. The number of hydrogen-bond acceptors (Lipinski definition) is 9. The largest absolute Gasteiger partial charge is 0.456 e. The van der Waals surface area contributed by atoms with Crippen molar-refractivity contribution in [1.82, 2.24) is 14.3 Å². The fourth-order valence-electron chi connectivity index (χ4n) is 4.87. The number of aliphatic hydroxyl groups excluding tert-OH is 1. The molecule has 2 aliphatic heterocycles. The molecule has 0 bridgehead atoms. The number of aryl methyl sites for hydroxylation is 1. The summed E-state index contributed by atoms with van der Waals surface area (Å²) >= 11 is 1.32. The highest BCUT2D eigenvalue weighted by molar-refractivity contribution is 7.19. The summed E-state index contributed by atoms with van der Waals surface area (Å²) in [7, 11) is 0. The number of ketones is 1. The van der Waals surface area contributed by atoms with E-state index in [2.05, 4.69) is 4.98 Å². The minimum Gasteiger partial charge on any atom is -0.456 e. The van der Waals surface area contributed by atoms with Crippen molar-refractivity contribution in [2.45, 2.75) is 45.9 Å². The molecule has 1 N–H and O–H groups in total. The second kappa shape index (κ2) is 8.64. The molecular formula is C24H22N4O7S. The lowest BCUT2D eigenvalue weighted by Gasteiger charge is -2.44.